The van der Waals surface area contributed by atoms with Crippen molar-refractivity contribution in [3.05, 3.63) is 88.2 Å². The molecule has 2 aromatic rings. The van der Waals surface area contributed by atoms with Crippen molar-refractivity contribution >= 4 is 11.4 Å². The largest absolute Gasteiger partial charge is 0.492 e. The first kappa shape index (κ1) is 19.3. The summed E-state index contributed by atoms with van der Waals surface area (Å²) in [5, 5.41) is 10.2. The van der Waals surface area contributed by atoms with Crippen molar-refractivity contribution in [1.82, 2.24) is 0 Å². The van der Waals surface area contributed by atoms with E-state index in [1.54, 1.807) is 0 Å². The van der Waals surface area contributed by atoms with E-state index in [1.807, 2.05) is 56.3 Å². The molecule has 154 valence electrons. The summed E-state index contributed by atoms with van der Waals surface area (Å²) < 4.78 is 12.5. The molecule has 1 N–H and O–H groups in total. The van der Waals surface area contributed by atoms with E-state index in [1.165, 1.54) is 5.56 Å². The highest BCUT2D eigenvalue weighted by Gasteiger charge is 2.65. The molecule has 2 aliphatic heterocycles. The van der Waals surface area contributed by atoms with Crippen LogP contribution in [0.25, 0.3) is 5.57 Å². The highest BCUT2D eigenvalue weighted by Crippen LogP contribution is 2.57. The fraction of sp³-hybridized carbons (Fsp3) is 0.346. The second-order valence-electron chi connectivity index (χ2n) is 8.71. The molecular formula is C26H26O4. The second kappa shape index (κ2) is 6.93. The van der Waals surface area contributed by atoms with Crippen molar-refractivity contribution in [3.8, 4) is 0 Å². The molecule has 0 aromatic heterocycles. The highest BCUT2D eigenvalue weighted by atomic mass is 16.5. The topological polar surface area (TPSA) is 55.8 Å². The molecule has 4 nitrogen and oxygen atoms in total. The molecule has 3 aliphatic rings. The molecule has 4 atom stereocenters. The van der Waals surface area contributed by atoms with Crippen LogP contribution in [0.1, 0.15) is 27.8 Å². The predicted octanol–water partition coefficient (Wildman–Crippen LogP) is 4.05. The Morgan fingerprint density at radius 1 is 1.10 bits per heavy atom. The molecule has 0 radical (unpaired) electrons. The third kappa shape index (κ3) is 2.71. The minimum absolute atomic E-state index is 0.0581. The molecule has 4 unspecified atom stereocenters. The lowest BCUT2D eigenvalue weighted by Gasteiger charge is -2.30. The summed E-state index contributed by atoms with van der Waals surface area (Å²) >= 11 is 0. The van der Waals surface area contributed by atoms with Gasteiger partial charge in [0.25, 0.3) is 0 Å². The van der Waals surface area contributed by atoms with Gasteiger partial charge in [-0.05, 0) is 43.0 Å². The number of aryl methyl sites for hydroxylation is 3. The minimum Gasteiger partial charge on any atom is -0.492 e. The Balaban J connectivity index is 1.66. The van der Waals surface area contributed by atoms with Crippen LogP contribution in [-0.2, 0) is 20.9 Å². The van der Waals surface area contributed by atoms with Crippen LogP contribution in [0, 0.1) is 32.6 Å². The lowest BCUT2D eigenvalue weighted by Crippen LogP contribution is -2.39. The van der Waals surface area contributed by atoms with Gasteiger partial charge in [0, 0.05) is 0 Å². The third-order valence-electron chi connectivity index (χ3n) is 6.65. The van der Waals surface area contributed by atoms with Crippen molar-refractivity contribution in [2.24, 2.45) is 11.8 Å². The number of aliphatic hydroxyl groups is 1. The molecule has 0 amide bonds. The number of Topliss-reactive ketones (excluding diaryl/α,β-unsaturated/α-hetero) is 1. The maximum atomic E-state index is 13.7. The summed E-state index contributed by atoms with van der Waals surface area (Å²) in [6.07, 6.45) is 3.52. The first-order valence-electron chi connectivity index (χ1n) is 10.5. The number of hydrogen-bond donors (Lipinski definition) is 1. The Bertz CT molecular complexity index is 1060. The number of ether oxygens (including phenoxy) is 2. The van der Waals surface area contributed by atoms with E-state index in [0.29, 0.717) is 17.9 Å². The number of aliphatic hydroxyl groups excluding tert-OH is 1. The summed E-state index contributed by atoms with van der Waals surface area (Å²) in [6.45, 7) is 6.35. The maximum Gasteiger partial charge on any atom is 0.173 e. The summed E-state index contributed by atoms with van der Waals surface area (Å²) in [4.78, 5) is 13.7. The van der Waals surface area contributed by atoms with E-state index in [4.69, 9.17) is 9.47 Å². The Kier molecular flexibility index (Phi) is 4.46. The van der Waals surface area contributed by atoms with E-state index in [-0.39, 0.29) is 30.3 Å². The van der Waals surface area contributed by atoms with Gasteiger partial charge in [-0.1, -0.05) is 60.2 Å². The Morgan fingerprint density at radius 2 is 1.80 bits per heavy atom. The smallest absolute Gasteiger partial charge is 0.173 e. The van der Waals surface area contributed by atoms with Gasteiger partial charge in [-0.3, -0.25) is 4.79 Å². The number of allylic oxidation sites excluding steroid dienone is 1. The number of benzene rings is 2. The van der Waals surface area contributed by atoms with Gasteiger partial charge in [0.05, 0.1) is 30.1 Å². The van der Waals surface area contributed by atoms with E-state index < -0.39 is 5.60 Å². The molecule has 0 spiro atoms. The van der Waals surface area contributed by atoms with Crippen molar-refractivity contribution in [3.63, 3.8) is 0 Å². The van der Waals surface area contributed by atoms with Gasteiger partial charge in [-0.15, -0.1) is 0 Å². The van der Waals surface area contributed by atoms with E-state index >= 15 is 0 Å². The highest BCUT2D eigenvalue weighted by molar-refractivity contribution is 6.26. The SMILES string of the molecule is Cc1cc(C)c(C2=C(OCc3ccccc3)C3C(C2=O)C2C=CC3(CO)O2)c(C)c1. The third-order valence-corrected chi connectivity index (χ3v) is 6.65. The zero-order chi connectivity index (χ0) is 21.0. The second-order valence-corrected chi connectivity index (χ2v) is 8.71. The fourth-order valence-corrected chi connectivity index (χ4v) is 5.49. The monoisotopic (exact) mass is 402 g/mol. The van der Waals surface area contributed by atoms with Crippen LogP contribution in [0.15, 0.2) is 60.4 Å². The van der Waals surface area contributed by atoms with Gasteiger partial charge in [0.2, 0.25) is 0 Å². The summed E-state index contributed by atoms with van der Waals surface area (Å²) in [7, 11) is 0. The van der Waals surface area contributed by atoms with Crippen molar-refractivity contribution in [1.29, 1.82) is 0 Å². The number of hydrogen-bond acceptors (Lipinski definition) is 4. The lowest BCUT2D eigenvalue weighted by atomic mass is 9.77. The Hall–Kier alpha value is -2.69. The number of carbonyl (C=O) groups excluding carboxylic acids is 1. The first-order chi connectivity index (χ1) is 14.4. The zero-order valence-corrected chi connectivity index (χ0v) is 17.5. The molecule has 2 heterocycles. The molecule has 1 saturated heterocycles. The summed E-state index contributed by atoms with van der Waals surface area (Å²) in [5.41, 5.74) is 5.07. The zero-order valence-electron chi connectivity index (χ0n) is 17.5. The predicted molar refractivity (Wildman–Crippen MR) is 115 cm³/mol. The number of ketones is 1. The average Bonchev–Trinajstić information content (AvgIpc) is 3.37. The van der Waals surface area contributed by atoms with E-state index in [2.05, 4.69) is 19.1 Å². The minimum atomic E-state index is -0.884. The number of carbonyl (C=O) groups is 1. The van der Waals surface area contributed by atoms with Gasteiger partial charge in [-0.2, -0.15) is 0 Å². The molecule has 0 saturated carbocycles. The van der Waals surface area contributed by atoms with Crippen LogP contribution in [-0.4, -0.2) is 29.2 Å². The fourth-order valence-electron chi connectivity index (χ4n) is 5.49. The van der Waals surface area contributed by atoms with Gasteiger partial charge in [-0.25, -0.2) is 0 Å². The summed E-state index contributed by atoms with van der Waals surface area (Å²) in [5.74, 6) is 0.0689. The van der Waals surface area contributed by atoms with Crippen molar-refractivity contribution < 1.29 is 19.4 Å². The maximum absolute atomic E-state index is 13.7. The Labute approximate surface area is 176 Å². The molecule has 1 aliphatic carbocycles. The van der Waals surface area contributed by atoms with Crippen LogP contribution in [0.4, 0.5) is 0 Å². The molecule has 2 aromatic carbocycles. The first-order valence-corrected chi connectivity index (χ1v) is 10.5. The molecular weight excluding hydrogens is 376 g/mol. The molecule has 4 heteroatoms. The van der Waals surface area contributed by atoms with E-state index in [0.717, 1.165) is 22.3 Å². The van der Waals surface area contributed by atoms with E-state index in [9.17, 15) is 9.90 Å². The van der Waals surface area contributed by atoms with Crippen LogP contribution in [0.2, 0.25) is 0 Å². The van der Waals surface area contributed by atoms with Gasteiger partial charge in [0.1, 0.15) is 18.0 Å². The number of rotatable bonds is 5. The van der Waals surface area contributed by atoms with Crippen molar-refractivity contribution in [2.45, 2.75) is 39.1 Å². The Morgan fingerprint density at radius 3 is 2.47 bits per heavy atom. The normalized spacial score (nSPS) is 29.1. The van der Waals surface area contributed by atoms with Crippen LogP contribution in [0.5, 0.6) is 0 Å². The van der Waals surface area contributed by atoms with Crippen molar-refractivity contribution in [2.75, 3.05) is 6.61 Å². The number of fused-ring (bicyclic) bond motifs is 5. The van der Waals surface area contributed by atoms with Crippen LogP contribution >= 0.6 is 0 Å². The molecule has 2 bridgehead atoms. The average molecular weight is 402 g/mol. The van der Waals surface area contributed by atoms with Gasteiger partial charge < -0.3 is 14.6 Å². The quantitative estimate of drug-likeness (QED) is 0.767. The lowest BCUT2D eigenvalue weighted by molar-refractivity contribution is -0.118. The van der Waals surface area contributed by atoms with Gasteiger partial charge in [0.15, 0.2) is 5.78 Å². The standard InChI is InChI=1S/C26H26O4/c1-15-11-16(2)20(17(3)12-15)22-24(28)21-19-9-10-26(14-27,30-19)23(21)25(22)29-13-18-7-5-4-6-8-18/h4-12,19,21,23,27H,13-14H2,1-3H3. The van der Waals surface area contributed by atoms with Gasteiger partial charge >= 0.3 is 0 Å². The molecule has 30 heavy (non-hydrogen) atoms. The summed E-state index contributed by atoms with van der Waals surface area (Å²) in [6, 6.07) is 14.2. The van der Waals surface area contributed by atoms with Crippen LogP contribution < -0.4 is 0 Å². The molecule has 5 rings (SSSR count). The van der Waals surface area contributed by atoms with Crippen LogP contribution in [0.3, 0.4) is 0 Å². The molecule has 1 fully saturated rings.